The lowest BCUT2D eigenvalue weighted by Gasteiger charge is -2.44. The molecular formula is C18H25N3O2. The summed E-state index contributed by atoms with van der Waals surface area (Å²) in [7, 11) is 0. The van der Waals surface area contributed by atoms with Gasteiger partial charge in [0.1, 0.15) is 6.54 Å². The minimum Gasteiger partial charge on any atom is -0.465 e. The van der Waals surface area contributed by atoms with Gasteiger partial charge in [-0.05, 0) is 25.3 Å². The van der Waals surface area contributed by atoms with Gasteiger partial charge in [0.25, 0.3) is 0 Å². The lowest BCUT2D eigenvalue weighted by Crippen LogP contribution is -2.55. The smallest absolute Gasteiger partial charge is 0.325 e. The summed E-state index contributed by atoms with van der Waals surface area (Å²) in [4.78, 5) is 20.8. The van der Waals surface area contributed by atoms with Crippen molar-refractivity contribution in [3.05, 3.63) is 35.9 Å². The van der Waals surface area contributed by atoms with Gasteiger partial charge in [0.2, 0.25) is 0 Å². The Bertz CT molecular complexity index is 551. The second-order valence-corrected chi connectivity index (χ2v) is 6.38. The molecule has 0 N–H and O–H groups in total. The maximum atomic E-state index is 11.8. The number of ether oxygens (including phenoxy) is 1. The molecule has 0 atom stereocenters. The van der Waals surface area contributed by atoms with Crippen molar-refractivity contribution < 1.29 is 9.53 Å². The molecule has 1 fully saturated rings. The number of carbonyl (C=O) groups excluding carboxylic acids is 1. The fraction of sp³-hybridized carbons (Fsp3) is 0.556. The van der Waals surface area contributed by atoms with Crippen LogP contribution in [0.25, 0.3) is 0 Å². The number of benzene rings is 1. The van der Waals surface area contributed by atoms with Crippen molar-refractivity contribution in [3.8, 4) is 0 Å². The van der Waals surface area contributed by atoms with Gasteiger partial charge in [-0.1, -0.05) is 30.3 Å². The summed E-state index contributed by atoms with van der Waals surface area (Å²) in [6, 6.07) is 10.6. The number of esters is 1. The third-order valence-corrected chi connectivity index (χ3v) is 4.86. The first-order chi connectivity index (χ1) is 11.2. The molecule has 1 spiro atoms. The molecule has 1 aromatic carbocycles. The molecule has 1 aromatic rings. The lowest BCUT2D eigenvalue weighted by molar-refractivity contribution is -0.144. The van der Waals surface area contributed by atoms with E-state index in [9.17, 15) is 4.79 Å². The highest BCUT2D eigenvalue weighted by Crippen LogP contribution is 2.32. The van der Waals surface area contributed by atoms with Crippen molar-refractivity contribution in [2.45, 2.75) is 31.8 Å². The van der Waals surface area contributed by atoms with E-state index in [1.807, 2.05) is 13.3 Å². The zero-order valence-corrected chi connectivity index (χ0v) is 13.8. The number of aliphatic imine (C=N–C) groups is 1. The second kappa shape index (κ2) is 7.13. The van der Waals surface area contributed by atoms with Crippen LogP contribution >= 0.6 is 0 Å². The maximum absolute atomic E-state index is 11.8. The van der Waals surface area contributed by atoms with E-state index in [1.54, 1.807) is 0 Å². The molecule has 0 unspecified atom stereocenters. The Hall–Kier alpha value is -1.88. The molecular weight excluding hydrogens is 290 g/mol. The van der Waals surface area contributed by atoms with E-state index in [0.717, 1.165) is 39.0 Å². The predicted octanol–water partition coefficient (Wildman–Crippen LogP) is 1.93. The van der Waals surface area contributed by atoms with Crippen LogP contribution in [0.15, 0.2) is 35.3 Å². The van der Waals surface area contributed by atoms with E-state index in [2.05, 4.69) is 45.1 Å². The number of hydrogen-bond donors (Lipinski definition) is 0. The van der Waals surface area contributed by atoms with Gasteiger partial charge < -0.3 is 9.64 Å². The summed E-state index contributed by atoms with van der Waals surface area (Å²) >= 11 is 0. The van der Waals surface area contributed by atoms with Gasteiger partial charge >= 0.3 is 5.97 Å². The standard InChI is InChI=1S/C18H25N3O2/c1-2-23-17(22)13-21-15-19-14-18(21)8-10-20(11-9-18)12-16-6-4-3-5-7-16/h3-7,15H,2,8-14H2,1H3. The molecule has 0 bridgehead atoms. The third-order valence-electron chi connectivity index (χ3n) is 4.86. The number of hydrogen-bond acceptors (Lipinski definition) is 5. The zero-order chi connectivity index (χ0) is 16.1. The summed E-state index contributed by atoms with van der Waals surface area (Å²) < 4.78 is 5.09. The summed E-state index contributed by atoms with van der Waals surface area (Å²) in [6.07, 6.45) is 3.92. The molecule has 0 radical (unpaired) electrons. The van der Waals surface area contributed by atoms with Gasteiger partial charge in [0.15, 0.2) is 0 Å². The quantitative estimate of drug-likeness (QED) is 0.779. The van der Waals surface area contributed by atoms with E-state index in [4.69, 9.17) is 4.74 Å². The van der Waals surface area contributed by atoms with Gasteiger partial charge in [-0.2, -0.15) is 0 Å². The Morgan fingerprint density at radius 3 is 2.70 bits per heavy atom. The highest BCUT2D eigenvalue weighted by atomic mass is 16.5. The molecule has 3 rings (SSSR count). The summed E-state index contributed by atoms with van der Waals surface area (Å²) in [5.74, 6) is -0.160. The maximum Gasteiger partial charge on any atom is 0.325 e. The highest BCUT2D eigenvalue weighted by Gasteiger charge is 2.42. The van der Waals surface area contributed by atoms with Gasteiger partial charge in [-0.15, -0.1) is 0 Å². The molecule has 0 amide bonds. The monoisotopic (exact) mass is 315 g/mol. The van der Waals surface area contributed by atoms with E-state index < -0.39 is 0 Å². The van der Waals surface area contributed by atoms with Crippen molar-refractivity contribution >= 4 is 12.3 Å². The highest BCUT2D eigenvalue weighted by molar-refractivity contribution is 5.76. The van der Waals surface area contributed by atoms with E-state index >= 15 is 0 Å². The molecule has 2 heterocycles. The Labute approximate surface area is 137 Å². The van der Waals surface area contributed by atoms with E-state index in [0.29, 0.717) is 13.2 Å². The predicted molar refractivity (Wildman–Crippen MR) is 90.4 cm³/mol. The minimum atomic E-state index is -0.160. The molecule has 0 aromatic heterocycles. The molecule has 0 aliphatic carbocycles. The molecule has 5 nitrogen and oxygen atoms in total. The third kappa shape index (κ3) is 3.72. The number of carbonyl (C=O) groups is 1. The van der Waals surface area contributed by atoms with Crippen LogP contribution in [0.3, 0.4) is 0 Å². The molecule has 23 heavy (non-hydrogen) atoms. The van der Waals surface area contributed by atoms with Gasteiger partial charge in [-0.3, -0.25) is 14.7 Å². The lowest BCUT2D eigenvalue weighted by atomic mass is 9.86. The number of nitrogens with zero attached hydrogens (tertiary/aromatic N) is 3. The summed E-state index contributed by atoms with van der Waals surface area (Å²) in [6.45, 7) is 6.46. The first-order valence-electron chi connectivity index (χ1n) is 8.40. The van der Waals surface area contributed by atoms with Crippen LogP contribution in [0.2, 0.25) is 0 Å². The largest absolute Gasteiger partial charge is 0.465 e. The molecule has 2 aliphatic rings. The van der Waals surface area contributed by atoms with Crippen LogP contribution in [0.4, 0.5) is 0 Å². The Morgan fingerprint density at radius 1 is 1.26 bits per heavy atom. The molecule has 5 heteroatoms. The Balaban J connectivity index is 1.55. The second-order valence-electron chi connectivity index (χ2n) is 6.38. The van der Waals surface area contributed by atoms with Gasteiger partial charge in [0.05, 0.1) is 25.0 Å². The van der Waals surface area contributed by atoms with Crippen LogP contribution in [-0.4, -0.2) is 60.4 Å². The SMILES string of the molecule is CCOC(=O)CN1C=NCC12CCN(Cc1ccccc1)CC2. The van der Waals surface area contributed by atoms with E-state index in [-0.39, 0.29) is 11.5 Å². The average Bonchev–Trinajstić information content (AvgIpc) is 2.93. The molecule has 2 aliphatic heterocycles. The first kappa shape index (κ1) is 16.0. The molecule has 0 saturated carbocycles. The average molecular weight is 315 g/mol. The van der Waals surface area contributed by atoms with Crippen molar-refractivity contribution in [2.75, 3.05) is 32.8 Å². The van der Waals surface area contributed by atoms with Gasteiger partial charge in [0, 0.05) is 19.6 Å². The number of rotatable bonds is 5. The normalized spacial score (nSPS) is 20.1. The zero-order valence-electron chi connectivity index (χ0n) is 13.8. The number of piperidine rings is 1. The summed E-state index contributed by atoms with van der Waals surface area (Å²) in [5.41, 5.74) is 1.37. The Morgan fingerprint density at radius 2 is 2.00 bits per heavy atom. The van der Waals surface area contributed by atoms with E-state index in [1.165, 1.54) is 5.56 Å². The summed E-state index contributed by atoms with van der Waals surface area (Å²) in [5, 5.41) is 0. The molecule has 124 valence electrons. The van der Waals surface area contributed by atoms with Crippen molar-refractivity contribution in [3.63, 3.8) is 0 Å². The van der Waals surface area contributed by atoms with Crippen LogP contribution in [-0.2, 0) is 16.1 Å². The van der Waals surface area contributed by atoms with Gasteiger partial charge in [-0.25, -0.2) is 0 Å². The van der Waals surface area contributed by atoms with Crippen molar-refractivity contribution in [1.82, 2.24) is 9.80 Å². The fourth-order valence-electron chi connectivity index (χ4n) is 3.49. The van der Waals surface area contributed by atoms with Crippen molar-refractivity contribution in [1.29, 1.82) is 0 Å². The molecule has 1 saturated heterocycles. The number of likely N-dealkylation sites (tertiary alicyclic amines) is 1. The topological polar surface area (TPSA) is 45.1 Å². The van der Waals surface area contributed by atoms with Crippen LogP contribution < -0.4 is 0 Å². The first-order valence-corrected chi connectivity index (χ1v) is 8.40. The van der Waals surface area contributed by atoms with Crippen LogP contribution in [0, 0.1) is 0 Å². The fourth-order valence-corrected chi connectivity index (χ4v) is 3.49. The van der Waals surface area contributed by atoms with Crippen LogP contribution in [0.5, 0.6) is 0 Å². The Kier molecular flexibility index (Phi) is 4.96. The van der Waals surface area contributed by atoms with Crippen LogP contribution in [0.1, 0.15) is 25.3 Å². The minimum absolute atomic E-state index is 0.0138. The van der Waals surface area contributed by atoms with Crippen molar-refractivity contribution in [2.24, 2.45) is 4.99 Å².